The number of carbonyl (C=O) groups excluding carboxylic acids is 2. The molecule has 0 aliphatic heterocycles. The number of hydrogen-bond acceptors (Lipinski definition) is 6. The first kappa shape index (κ1) is 23.7. The predicted octanol–water partition coefficient (Wildman–Crippen LogP) is 7.28. The molecule has 0 bridgehead atoms. The Morgan fingerprint density at radius 2 is 2.00 bits per heavy atom. The van der Waals surface area contributed by atoms with Gasteiger partial charge in [-0.15, -0.1) is 22.7 Å². The van der Waals surface area contributed by atoms with Gasteiger partial charge in [-0.05, 0) is 68.4 Å². The number of amides is 1. The van der Waals surface area contributed by atoms with E-state index in [-0.39, 0.29) is 11.9 Å². The van der Waals surface area contributed by atoms with E-state index in [1.807, 2.05) is 43.3 Å². The second-order valence-electron chi connectivity index (χ2n) is 9.13. The van der Waals surface area contributed by atoms with Gasteiger partial charge in [0, 0.05) is 15.1 Å². The molecule has 1 amide bonds. The fraction of sp³-hybridized carbons (Fsp3) is 0.321. The van der Waals surface area contributed by atoms with E-state index in [0.717, 1.165) is 52.7 Å². The smallest absolute Gasteiger partial charge is 0.341 e. The highest BCUT2D eigenvalue weighted by Crippen LogP contribution is 2.40. The SMILES string of the molecule is CCCOC(=O)c1c(NC(=O)c2cc(-c3ccc(C)s3)nc3ccccc23)sc2c1CC[C@@H](C)C2. The first-order valence-electron chi connectivity index (χ1n) is 12.0. The van der Waals surface area contributed by atoms with Crippen LogP contribution in [0.1, 0.15) is 62.7 Å². The highest BCUT2D eigenvalue weighted by molar-refractivity contribution is 7.17. The molecule has 4 aromatic rings. The van der Waals surface area contributed by atoms with Crippen LogP contribution in [0.15, 0.2) is 42.5 Å². The van der Waals surface area contributed by atoms with Crippen molar-refractivity contribution >= 4 is 50.5 Å². The Balaban J connectivity index is 1.56. The third kappa shape index (κ3) is 4.75. The number of carbonyl (C=O) groups is 2. The van der Waals surface area contributed by atoms with Crippen LogP contribution in [0, 0.1) is 12.8 Å². The molecule has 1 aromatic carbocycles. The van der Waals surface area contributed by atoms with E-state index in [1.54, 1.807) is 11.3 Å². The Morgan fingerprint density at radius 3 is 2.77 bits per heavy atom. The summed E-state index contributed by atoms with van der Waals surface area (Å²) in [5.74, 6) is -0.0250. The van der Waals surface area contributed by atoms with Gasteiger partial charge in [-0.2, -0.15) is 0 Å². The minimum atomic E-state index is -0.344. The number of esters is 1. The Hall–Kier alpha value is -3.03. The van der Waals surface area contributed by atoms with Crippen LogP contribution in [0.25, 0.3) is 21.5 Å². The van der Waals surface area contributed by atoms with Crippen molar-refractivity contribution in [1.29, 1.82) is 0 Å². The van der Waals surface area contributed by atoms with Gasteiger partial charge in [-0.3, -0.25) is 4.79 Å². The first-order chi connectivity index (χ1) is 16.9. The van der Waals surface area contributed by atoms with Crippen LogP contribution < -0.4 is 5.32 Å². The average molecular weight is 505 g/mol. The van der Waals surface area contributed by atoms with Crippen molar-refractivity contribution in [3.8, 4) is 10.6 Å². The minimum absolute atomic E-state index is 0.241. The summed E-state index contributed by atoms with van der Waals surface area (Å²) in [4.78, 5) is 34.9. The van der Waals surface area contributed by atoms with Gasteiger partial charge < -0.3 is 10.1 Å². The summed E-state index contributed by atoms with van der Waals surface area (Å²) in [6.07, 6.45) is 3.54. The van der Waals surface area contributed by atoms with Crippen molar-refractivity contribution in [3.05, 3.63) is 68.9 Å². The number of thiophene rings is 2. The molecule has 0 unspecified atom stereocenters. The number of hydrogen-bond donors (Lipinski definition) is 1. The summed E-state index contributed by atoms with van der Waals surface area (Å²) < 4.78 is 5.51. The molecule has 7 heteroatoms. The van der Waals surface area contributed by atoms with Gasteiger partial charge in [-0.1, -0.05) is 32.0 Å². The molecular formula is C28H28N2O3S2. The van der Waals surface area contributed by atoms with Gasteiger partial charge in [0.25, 0.3) is 5.91 Å². The van der Waals surface area contributed by atoms with Gasteiger partial charge in [0.1, 0.15) is 5.00 Å². The molecule has 0 radical (unpaired) electrons. The van der Waals surface area contributed by atoms with Crippen LogP contribution in [-0.2, 0) is 17.6 Å². The largest absolute Gasteiger partial charge is 0.462 e. The number of aryl methyl sites for hydroxylation is 1. The van der Waals surface area contributed by atoms with Crippen molar-refractivity contribution in [2.45, 2.75) is 46.5 Å². The molecule has 0 fully saturated rings. The van der Waals surface area contributed by atoms with Crippen LogP contribution in [-0.4, -0.2) is 23.5 Å². The number of benzene rings is 1. The molecule has 5 nitrogen and oxygen atoms in total. The maximum atomic E-state index is 13.7. The predicted molar refractivity (Wildman–Crippen MR) is 144 cm³/mol. The number of fused-ring (bicyclic) bond motifs is 2. The molecule has 3 heterocycles. The molecule has 35 heavy (non-hydrogen) atoms. The molecule has 0 spiro atoms. The van der Waals surface area contributed by atoms with Crippen molar-refractivity contribution in [3.63, 3.8) is 0 Å². The van der Waals surface area contributed by atoms with Crippen LogP contribution in [0.2, 0.25) is 0 Å². The number of nitrogens with zero attached hydrogens (tertiary/aromatic N) is 1. The van der Waals surface area contributed by atoms with Gasteiger partial charge in [0.2, 0.25) is 0 Å². The van der Waals surface area contributed by atoms with Gasteiger partial charge in [0.05, 0.1) is 33.8 Å². The van der Waals surface area contributed by atoms with Crippen LogP contribution in [0.3, 0.4) is 0 Å². The number of pyridine rings is 1. The molecule has 180 valence electrons. The molecule has 3 aromatic heterocycles. The topological polar surface area (TPSA) is 68.3 Å². The molecule has 1 N–H and O–H groups in total. The number of nitrogens with one attached hydrogen (secondary N) is 1. The van der Waals surface area contributed by atoms with Crippen LogP contribution >= 0.6 is 22.7 Å². The van der Waals surface area contributed by atoms with Crippen molar-refractivity contribution in [2.75, 3.05) is 11.9 Å². The van der Waals surface area contributed by atoms with Gasteiger partial charge in [-0.25, -0.2) is 9.78 Å². The first-order valence-corrected chi connectivity index (χ1v) is 13.7. The molecule has 5 rings (SSSR count). The maximum absolute atomic E-state index is 13.7. The van der Waals surface area contributed by atoms with Gasteiger partial charge >= 0.3 is 5.97 Å². The summed E-state index contributed by atoms with van der Waals surface area (Å²) in [6.45, 7) is 6.63. The summed E-state index contributed by atoms with van der Waals surface area (Å²) >= 11 is 3.17. The zero-order chi connectivity index (χ0) is 24.5. The second-order valence-corrected chi connectivity index (χ2v) is 11.5. The lowest BCUT2D eigenvalue weighted by atomic mass is 9.88. The number of aromatic nitrogens is 1. The third-order valence-corrected chi connectivity index (χ3v) is 8.53. The molecule has 0 saturated heterocycles. The molecule has 1 atom stereocenters. The van der Waals surface area contributed by atoms with Crippen molar-refractivity contribution in [1.82, 2.24) is 4.98 Å². The van der Waals surface area contributed by atoms with E-state index in [9.17, 15) is 9.59 Å². The fourth-order valence-electron chi connectivity index (χ4n) is 4.55. The standard InChI is InChI=1S/C28H28N2O3S2/c1-4-13-33-28(32)25-19-11-9-16(2)14-24(19)35-27(25)30-26(31)20-15-22(23-12-10-17(3)34-23)29-21-8-6-5-7-18(20)21/h5-8,10,12,15-16H,4,9,11,13-14H2,1-3H3,(H,30,31)/t16-/m1/s1. The van der Waals surface area contributed by atoms with E-state index in [0.29, 0.717) is 28.7 Å². The molecule has 0 saturated carbocycles. The third-order valence-electron chi connectivity index (χ3n) is 6.33. The Kier molecular flexibility index (Phi) is 6.71. The van der Waals surface area contributed by atoms with Gasteiger partial charge in [0.15, 0.2) is 0 Å². The fourth-order valence-corrected chi connectivity index (χ4v) is 6.78. The second kappa shape index (κ2) is 9.91. The highest BCUT2D eigenvalue weighted by Gasteiger charge is 2.29. The lowest BCUT2D eigenvalue weighted by molar-refractivity contribution is 0.0505. The Morgan fingerprint density at radius 1 is 1.17 bits per heavy atom. The zero-order valence-electron chi connectivity index (χ0n) is 20.1. The molecule has 1 aliphatic rings. The van der Waals surface area contributed by atoms with E-state index >= 15 is 0 Å². The zero-order valence-corrected chi connectivity index (χ0v) is 21.8. The minimum Gasteiger partial charge on any atom is -0.462 e. The number of rotatable bonds is 6. The van der Waals surface area contributed by atoms with Crippen LogP contribution in [0.5, 0.6) is 0 Å². The van der Waals surface area contributed by atoms with E-state index in [1.165, 1.54) is 21.1 Å². The quantitative estimate of drug-likeness (QED) is 0.280. The number of anilines is 1. The Bertz CT molecular complexity index is 1420. The average Bonchev–Trinajstić information content (AvgIpc) is 3.44. The maximum Gasteiger partial charge on any atom is 0.341 e. The summed E-state index contributed by atoms with van der Waals surface area (Å²) in [6, 6.07) is 13.6. The van der Waals surface area contributed by atoms with E-state index in [4.69, 9.17) is 9.72 Å². The molecule has 1 aliphatic carbocycles. The normalized spacial score (nSPS) is 15.1. The van der Waals surface area contributed by atoms with E-state index in [2.05, 4.69) is 25.2 Å². The highest BCUT2D eigenvalue weighted by atomic mass is 32.1. The monoisotopic (exact) mass is 504 g/mol. The lowest BCUT2D eigenvalue weighted by Crippen LogP contribution is -2.17. The van der Waals surface area contributed by atoms with E-state index < -0.39 is 0 Å². The lowest BCUT2D eigenvalue weighted by Gasteiger charge is -2.18. The number of ether oxygens (including phenoxy) is 1. The summed E-state index contributed by atoms with van der Waals surface area (Å²) in [7, 11) is 0. The van der Waals surface area contributed by atoms with Crippen LogP contribution in [0.4, 0.5) is 5.00 Å². The summed E-state index contributed by atoms with van der Waals surface area (Å²) in [5, 5.41) is 4.46. The Labute approximate surface area is 213 Å². The number of para-hydroxylation sites is 1. The van der Waals surface area contributed by atoms with Crippen molar-refractivity contribution in [2.24, 2.45) is 5.92 Å². The molecular weight excluding hydrogens is 476 g/mol. The van der Waals surface area contributed by atoms with Crippen molar-refractivity contribution < 1.29 is 14.3 Å². The summed E-state index contributed by atoms with van der Waals surface area (Å²) in [5.41, 5.74) is 3.66.